The number of anilines is 1. The lowest BCUT2D eigenvalue weighted by atomic mass is 9.64. The molecule has 3 amide bonds. The molecule has 6 aromatic rings. The summed E-state index contributed by atoms with van der Waals surface area (Å²) in [4.78, 5) is 80.1. The van der Waals surface area contributed by atoms with E-state index < -0.39 is 64.4 Å². The first kappa shape index (κ1) is 51.3. The predicted molar refractivity (Wildman–Crippen MR) is 286 cm³/mol. The van der Waals surface area contributed by atoms with Crippen LogP contribution in [-0.4, -0.2) is 83.7 Å². The number of carbonyl (C=O) groups excluding carboxylic acids is 4. The Morgan fingerprint density at radius 2 is 1.50 bits per heavy atom. The predicted octanol–water partition coefficient (Wildman–Crippen LogP) is 9.42. The van der Waals surface area contributed by atoms with Crippen molar-refractivity contribution in [2.75, 3.05) is 38.9 Å². The van der Waals surface area contributed by atoms with Gasteiger partial charge in [0.15, 0.2) is 11.5 Å². The smallest absolute Gasteiger partial charge is 0.421 e. The van der Waals surface area contributed by atoms with Crippen LogP contribution in [0.15, 0.2) is 151 Å². The molecule has 0 bridgehead atoms. The van der Waals surface area contributed by atoms with E-state index in [1.165, 1.54) is 31.4 Å². The number of hydrogen-bond donors (Lipinski definition) is 1. The minimum Gasteiger partial charge on any atom is -0.493 e. The van der Waals surface area contributed by atoms with E-state index in [1.54, 1.807) is 54.5 Å². The topological polar surface area (TPSA) is 188 Å². The summed E-state index contributed by atoms with van der Waals surface area (Å²) in [6.07, 6.45) is 4.29. The number of ether oxygens (including phenoxy) is 5. The summed E-state index contributed by atoms with van der Waals surface area (Å²) in [6.45, 7) is -0.296. The maximum atomic E-state index is 16.9. The third-order valence-corrected chi connectivity index (χ3v) is 15.7. The monoisotopic (exact) mass is 1050 g/mol. The van der Waals surface area contributed by atoms with Crippen molar-refractivity contribution in [3.63, 3.8) is 0 Å². The molecule has 0 radical (unpaired) electrons. The summed E-state index contributed by atoms with van der Waals surface area (Å²) in [7, 11) is 3.10. The third-order valence-electron chi connectivity index (χ3n) is 15.7. The molecular formula is C62H56N4O12. The highest BCUT2D eigenvalue weighted by Gasteiger charge is 2.76. The van der Waals surface area contributed by atoms with Crippen LogP contribution in [0.25, 0.3) is 0 Å². The number of carbonyl (C=O) groups is 4. The van der Waals surface area contributed by atoms with Crippen LogP contribution in [0.3, 0.4) is 0 Å². The molecule has 2 fully saturated rings. The standard InChI is InChI=1S/C62H56N4O12/c1-74-51-35-45-30-31-63(37-46(45)36-52(51)75-2)58(68)53-55-59(69)78-56(43-16-10-5-11-17-43)54(42-14-8-4-9-15-42)65(55)57(44-23-27-48(28-24-44)76-33-32-67)62(53)49-34-40(19-18-39-12-6-3-7-13-39)22-29-50(49)64(60(62)70)61(71)77-38-41-20-25-47(26-21-41)66(72)73/h4-5,8-12,14-17,20-29,34-36,53-57,67H,3,6-7,13,30-33,37-38H2,1-2H3/t53-,54-,55-,56+,57+,62-/m0/s1. The Morgan fingerprint density at radius 1 is 0.795 bits per heavy atom. The van der Waals surface area contributed by atoms with Crippen molar-refractivity contribution in [1.82, 2.24) is 9.80 Å². The van der Waals surface area contributed by atoms with Gasteiger partial charge in [-0.25, -0.2) is 9.69 Å². The minimum atomic E-state index is -2.10. The van der Waals surface area contributed by atoms with E-state index in [0.717, 1.165) is 52.8 Å². The van der Waals surface area contributed by atoms with Gasteiger partial charge in [0.2, 0.25) is 11.8 Å². The average molecular weight is 1050 g/mol. The number of non-ortho nitro benzene ring substituents is 1. The molecule has 5 aliphatic rings. The fourth-order valence-electron chi connectivity index (χ4n) is 12.2. The van der Waals surface area contributed by atoms with Gasteiger partial charge in [-0.1, -0.05) is 90.7 Å². The number of nitrogens with zero attached hydrogens (tertiary/aromatic N) is 4. The van der Waals surface area contributed by atoms with Crippen molar-refractivity contribution >= 4 is 35.3 Å². The number of methoxy groups -OCH3 is 2. The van der Waals surface area contributed by atoms with Crippen LogP contribution in [0.2, 0.25) is 0 Å². The van der Waals surface area contributed by atoms with E-state index in [0.29, 0.717) is 45.9 Å². The molecule has 0 saturated carbocycles. The summed E-state index contributed by atoms with van der Waals surface area (Å²) < 4.78 is 29.9. The first-order valence-electron chi connectivity index (χ1n) is 26.1. The highest BCUT2D eigenvalue weighted by atomic mass is 16.6. The first-order valence-corrected chi connectivity index (χ1v) is 26.1. The van der Waals surface area contributed by atoms with Crippen LogP contribution >= 0.6 is 0 Å². The fourth-order valence-corrected chi connectivity index (χ4v) is 12.2. The number of imide groups is 1. The summed E-state index contributed by atoms with van der Waals surface area (Å²) in [5.74, 6) is 4.49. The molecule has 16 nitrogen and oxygen atoms in total. The van der Waals surface area contributed by atoms with E-state index in [9.17, 15) is 15.2 Å². The molecule has 16 heteroatoms. The number of nitro benzene ring substituents is 1. The maximum Gasteiger partial charge on any atom is 0.421 e. The van der Waals surface area contributed by atoms with Crippen LogP contribution in [0.4, 0.5) is 16.2 Å². The number of aliphatic hydroxyl groups is 1. The molecule has 11 rings (SSSR count). The second kappa shape index (κ2) is 21.7. The van der Waals surface area contributed by atoms with E-state index in [2.05, 4.69) is 17.9 Å². The molecular weight excluding hydrogens is 993 g/mol. The SMILES string of the molecule is COc1cc2c(cc1OC)CN(C(=O)[C@@H]1[C@H]3C(=O)O[C@H](c4ccccc4)[C@H](c4ccccc4)N3[C@H](c3ccc(OCCO)cc3)[C@@]13C(=O)N(C(=O)OCc1ccc([N+](=O)[O-])cc1)c1ccc(C#CC4=CCCCC4)cc13)CC2. The lowest BCUT2D eigenvalue weighted by Gasteiger charge is -2.46. The largest absolute Gasteiger partial charge is 0.493 e. The van der Waals surface area contributed by atoms with Gasteiger partial charge in [-0.2, -0.15) is 0 Å². The zero-order valence-electron chi connectivity index (χ0n) is 43.0. The van der Waals surface area contributed by atoms with Gasteiger partial charge in [0.05, 0.1) is 49.4 Å². The number of hydrogen-bond acceptors (Lipinski definition) is 13. The number of aliphatic hydroxyl groups excluding tert-OH is 1. The molecule has 4 aliphatic heterocycles. The molecule has 6 atom stereocenters. The van der Waals surface area contributed by atoms with Gasteiger partial charge >= 0.3 is 12.1 Å². The number of allylic oxidation sites excluding steroid dienone is 2. The zero-order chi connectivity index (χ0) is 54.1. The van der Waals surface area contributed by atoms with Crippen LogP contribution in [0.1, 0.15) is 88.4 Å². The van der Waals surface area contributed by atoms with Crippen LogP contribution in [0, 0.1) is 27.9 Å². The highest BCUT2D eigenvalue weighted by molar-refractivity contribution is 6.23. The van der Waals surface area contributed by atoms with Crippen molar-refractivity contribution in [2.24, 2.45) is 5.92 Å². The number of nitro groups is 1. The Kier molecular flexibility index (Phi) is 14.3. The van der Waals surface area contributed by atoms with E-state index in [1.807, 2.05) is 77.7 Å². The number of esters is 1. The Balaban J connectivity index is 1.16. The van der Waals surface area contributed by atoms with Gasteiger partial charge in [0.25, 0.3) is 5.69 Å². The lowest BCUT2D eigenvalue weighted by Crippen LogP contribution is -2.57. The molecule has 396 valence electrons. The number of morpholine rings is 1. The van der Waals surface area contributed by atoms with E-state index >= 15 is 19.2 Å². The molecule has 1 spiro atoms. The number of cyclic esters (lactones) is 1. The van der Waals surface area contributed by atoms with E-state index in [4.69, 9.17) is 23.7 Å². The number of fused-ring (bicyclic) bond motifs is 4. The van der Waals surface area contributed by atoms with Gasteiger partial charge in [-0.15, -0.1) is 0 Å². The molecule has 2 saturated heterocycles. The summed E-state index contributed by atoms with van der Waals surface area (Å²) >= 11 is 0. The van der Waals surface area contributed by atoms with E-state index in [-0.39, 0.29) is 49.8 Å². The molecule has 4 heterocycles. The van der Waals surface area contributed by atoms with Crippen molar-refractivity contribution in [2.45, 2.75) is 74.9 Å². The van der Waals surface area contributed by atoms with Gasteiger partial charge in [0, 0.05) is 30.8 Å². The number of amides is 3. The molecule has 6 aromatic carbocycles. The van der Waals surface area contributed by atoms with Gasteiger partial charge in [-0.05, 0) is 131 Å². The number of benzene rings is 6. The third kappa shape index (κ3) is 9.18. The zero-order valence-corrected chi connectivity index (χ0v) is 43.0. The first-order chi connectivity index (χ1) is 38.0. The normalized spacial score (nSPS) is 22.2. The Morgan fingerprint density at radius 3 is 2.17 bits per heavy atom. The molecule has 78 heavy (non-hydrogen) atoms. The van der Waals surface area contributed by atoms with Crippen molar-refractivity contribution in [3.05, 3.63) is 206 Å². The van der Waals surface area contributed by atoms with Crippen LogP contribution in [0.5, 0.6) is 17.2 Å². The average Bonchev–Trinajstić information content (AvgIpc) is 3.10. The molecule has 0 aromatic heterocycles. The summed E-state index contributed by atoms with van der Waals surface area (Å²) in [5, 5.41) is 21.2. The van der Waals surface area contributed by atoms with Crippen molar-refractivity contribution < 1.29 is 52.9 Å². The maximum absolute atomic E-state index is 16.9. The number of rotatable bonds is 12. The van der Waals surface area contributed by atoms with Gasteiger partial charge in [-0.3, -0.25) is 29.4 Å². The Bertz CT molecular complexity index is 3390. The minimum absolute atomic E-state index is 0.0132. The van der Waals surface area contributed by atoms with Gasteiger partial charge in [0.1, 0.15) is 36.5 Å². The van der Waals surface area contributed by atoms with Crippen LogP contribution in [-0.2, 0) is 48.8 Å². The Labute approximate surface area is 450 Å². The lowest BCUT2D eigenvalue weighted by molar-refractivity contribution is -0.384. The fraction of sp³-hybridized carbons (Fsp3) is 0.290. The van der Waals surface area contributed by atoms with Crippen molar-refractivity contribution in [1.29, 1.82) is 0 Å². The molecule has 0 unspecified atom stereocenters. The van der Waals surface area contributed by atoms with Crippen molar-refractivity contribution in [3.8, 4) is 29.1 Å². The highest BCUT2D eigenvalue weighted by Crippen LogP contribution is 2.66. The second-order valence-electron chi connectivity index (χ2n) is 20.0. The van der Waals surface area contributed by atoms with Gasteiger partial charge < -0.3 is 33.7 Å². The molecule has 1 aliphatic carbocycles. The summed E-state index contributed by atoms with van der Waals surface area (Å²) in [6, 6.07) is 36.8. The quantitative estimate of drug-likeness (QED) is 0.0529. The summed E-state index contributed by atoms with van der Waals surface area (Å²) in [5.41, 5.74) is 3.71. The molecule has 1 N–H and O–H groups in total. The second-order valence-corrected chi connectivity index (χ2v) is 20.0. The van der Waals surface area contributed by atoms with Crippen LogP contribution < -0.4 is 19.1 Å². The Hall–Kier alpha value is -8.78.